The maximum absolute atomic E-state index is 12.3. The van der Waals surface area contributed by atoms with Crippen LogP contribution in [-0.4, -0.2) is 35.1 Å². The van der Waals surface area contributed by atoms with Crippen molar-refractivity contribution in [1.29, 1.82) is 0 Å². The number of rotatable bonds is 8. The van der Waals surface area contributed by atoms with Crippen LogP contribution in [0.25, 0.3) is 11.0 Å². The van der Waals surface area contributed by atoms with E-state index in [2.05, 4.69) is 34.3 Å². The molecular formula is C21H24N4O2. The Morgan fingerprint density at radius 2 is 1.85 bits per heavy atom. The van der Waals surface area contributed by atoms with Crippen LogP contribution in [0.5, 0.6) is 0 Å². The van der Waals surface area contributed by atoms with Gasteiger partial charge in [-0.25, -0.2) is 4.98 Å². The van der Waals surface area contributed by atoms with Gasteiger partial charge in [0.05, 0.1) is 17.2 Å². The fourth-order valence-corrected chi connectivity index (χ4v) is 3.08. The Labute approximate surface area is 158 Å². The second kappa shape index (κ2) is 8.98. The van der Waals surface area contributed by atoms with Crippen molar-refractivity contribution in [2.75, 3.05) is 24.5 Å². The van der Waals surface area contributed by atoms with Crippen LogP contribution in [0.1, 0.15) is 13.3 Å². The molecule has 0 unspecified atom stereocenters. The molecule has 6 nitrogen and oxygen atoms in total. The summed E-state index contributed by atoms with van der Waals surface area (Å²) >= 11 is 0. The van der Waals surface area contributed by atoms with Crippen LogP contribution in [0.4, 0.5) is 5.69 Å². The van der Waals surface area contributed by atoms with Gasteiger partial charge in [0.2, 0.25) is 5.91 Å². The average Bonchev–Trinajstić information content (AvgIpc) is 2.71. The first-order valence-corrected chi connectivity index (χ1v) is 9.20. The number of fused-ring (bicyclic) bond motifs is 1. The number of anilines is 1. The monoisotopic (exact) mass is 364 g/mol. The Bertz CT molecular complexity index is 953. The van der Waals surface area contributed by atoms with E-state index < -0.39 is 0 Å². The van der Waals surface area contributed by atoms with Crippen LogP contribution in [-0.2, 0) is 11.3 Å². The quantitative estimate of drug-likeness (QED) is 0.624. The molecule has 6 heteroatoms. The number of carbonyl (C=O) groups excluding carboxylic acids is 1. The van der Waals surface area contributed by atoms with Crippen LogP contribution in [0.2, 0.25) is 0 Å². The maximum atomic E-state index is 12.3. The van der Waals surface area contributed by atoms with Gasteiger partial charge in [-0.1, -0.05) is 30.3 Å². The predicted molar refractivity (Wildman–Crippen MR) is 108 cm³/mol. The van der Waals surface area contributed by atoms with Crippen LogP contribution in [0.15, 0.2) is 65.6 Å². The summed E-state index contributed by atoms with van der Waals surface area (Å²) < 4.78 is 1.46. The number of nitrogens with one attached hydrogen (secondary N) is 1. The molecule has 2 aromatic carbocycles. The highest BCUT2D eigenvalue weighted by Gasteiger charge is 2.09. The lowest BCUT2D eigenvalue weighted by Gasteiger charge is -2.23. The molecule has 0 aliphatic rings. The van der Waals surface area contributed by atoms with Gasteiger partial charge >= 0.3 is 0 Å². The first-order valence-electron chi connectivity index (χ1n) is 9.20. The van der Waals surface area contributed by atoms with Crippen molar-refractivity contribution >= 4 is 22.6 Å². The molecule has 3 rings (SSSR count). The highest BCUT2D eigenvalue weighted by atomic mass is 16.2. The molecular weight excluding hydrogens is 340 g/mol. The normalized spacial score (nSPS) is 10.7. The van der Waals surface area contributed by atoms with Crippen molar-refractivity contribution in [2.24, 2.45) is 0 Å². The molecule has 0 aliphatic heterocycles. The summed E-state index contributed by atoms with van der Waals surface area (Å²) in [6.07, 6.45) is 2.09. The molecule has 0 radical (unpaired) electrons. The molecule has 1 amide bonds. The van der Waals surface area contributed by atoms with E-state index >= 15 is 0 Å². The smallest absolute Gasteiger partial charge is 0.269 e. The molecule has 1 aromatic heterocycles. The van der Waals surface area contributed by atoms with Crippen LogP contribution in [0.3, 0.4) is 0 Å². The number of nitrogens with zero attached hydrogens (tertiary/aromatic N) is 3. The highest BCUT2D eigenvalue weighted by molar-refractivity contribution is 5.79. The Morgan fingerprint density at radius 3 is 2.63 bits per heavy atom. The van der Waals surface area contributed by atoms with E-state index in [9.17, 15) is 9.59 Å². The van der Waals surface area contributed by atoms with E-state index in [1.54, 1.807) is 6.07 Å². The molecule has 0 saturated heterocycles. The third kappa shape index (κ3) is 4.73. The number of benzene rings is 2. The SMILES string of the molecule is CCN(CCCNC(=O)Cn1c(=O)cnc2ccccc21)c1ccccc1. The number of amides is 1. The van der Waals surface area contributed by atoms with Crippen molar-refractivity contribution in [3.63, 3.8) is 0 Å². The van der Waals surface area contributed by atoms with Gasteiger partial charge in [-0.15, -0.1) is 0 Å². The summed E-state index contributed by atoms with van der Waals surface area (Å²) in [7, 11) is 0. The highest BCUT2D eigenvalue weighted by Crippen LogP contribution is 2.12. The molecule has 0 atom stereocenters. The zero-order valence-corrected chi connectivity index (χ0v) is 15.5. The van der Waals surface area contributed by atoms with Gasteiger partial charge in [0.1, 0.15) is 6.54 Å². The van der Waals surface area contributed by atoms with E-state index in [0.29, 0.717) is 17.6 Å². The lowest BCUT2D eigenvalue weighted by atomic mass is 10.2. The summed E-state index contributed by atoms with van der Waals surface area (Å²) in [4.78, 5) is 30.8. The van der Waals surface area contributed by atoms with Gasteiger partial charge in [-0.3, -0.25) is 14.2 Å². The van der Waals surface area contributed by atoms with Crippen LogP contribution >= 0.6 is 0 Å². The molecule has 3 aromatic rings. The molecule has 27 heavy (non-hydrogen) atoms. The van der Waals surface area contributed by atoms with Gasteiger partial charge in [-0.2, -0.15) is 0 Å². The topological polar surface area (TPSA) is 67.2 Å². The average molecular weight is 364 g/mol. The Balaban J connectivity index is 1.53. The first kappa shape index (κ1) is 18.6. The molecule has 0 saturated carbocycles. The number of aromatic nitrogens is 2. The zero-order valence-electron chi connectivity index (χ0n) is 15.5. The van der Waals surface area contributed by atoms with E-state index in [1.165, 1.54) is 16.5 Å². The minimum atomic E-state index is -0.273. The number of para-hydroxylation sites is 3. The maximum Gasteiger partial charge on any atom is 0.269 e. The Morgan fingerprint density at radius 1 is 1.11 bits per heavy atom. The van der Waals surface area contributed by atoms with Crippen LogP contribution in [0, 0.1) is 0 Å². The van der Waals surface area contributed by atoms with E-state index in [0.717, 1.165) is 19.5 Å². The van der Waals surface area contributed by atoms with Crippen molar-refractivity contribution in [3.05, 3.63) is 71.1 Å². The molecule has 0 aliphatic carbocycles. The Kier molecular flexibility index (Phi) is 6.20. The zero-order chi connectivity index (χ0) is 19.1. The summed E-state index contributed by atoms with van der Waals surface area (Å²) in [5, 5.41) is 2.91. The van der Waals surface area contributed by atoms with Gasteiger partial charge < -0.3 is 10.2 Å². The summed E-state index contributed by atoms with van der Waals surface area (Å²) in [6, 6.07) is 17.5. The van der Waals surface area contributed by atoms with E-state index in [1.807, 2.05) is 36.4 Å². The third-order valence-electron chi connectivity index (χ3n) is 4.48. The molecule has 0 fully saturated rings. The second-order valence-corrected chi connectivity index (χ2v) is 6.29. The fourth-order valence-electron chi connectivity index (χ4n) is 3.08. The minimum absolute atomic E-state index is 0.00194. The number of carbonyl (C=O) groups is 1. The van der Waals surface area contributed by atoms with Gasteiger partial charge in [0.25, 0.3) is 5.56 Å². The molecule has 140 valence electrons. The summed E-state index contributed by atoms with van der Waals surface area (Å²) in [6.45, 7) is 4.46. The lowest BCUT2D eigenvalue weighted by molar-refractivity contribution is -0.121. The predicted octanol–water partition coefficient (Wildman–Crippen LogP) is 2.43. The van der Waals surface area contributed by atoms with Crippen molar-refractivity contribution in [1.82, 2.24) is 14.9 Å². The number of hydrogen-bond donors (Lipinski definition) is 1. The summed E-state index contributed by atoms with van der Waals surface area (Å²) in [5.41, 5.74) is 2.28. The molecule has 0 bridgehead atoms. The first-order chi connectivity index (χ1) is 13.2. The van der Waals surface area contributed by atoms with E-state index in [4.69, 9.17) is 0 Å². The van der Waals surface area contributed by atoms with Crippen LogP contribution < -0.4 is 15.8 Å². The summed E-state index contributed by atoms with van der Waals surface area (Å²) in [5.74, 6) is -0.170. The van der Waals surface area contributed by atoms with Gasteiger partial charge in [-0.05, 0) is 37.6 Å². The van der Waals surface area contributed by atoms with Gasteiger partial charge in [0, 0.05) is 25.3 Å². The lowest BCUT2D eigenvalue weighted by Crippen LogP contribution is -2.34. The number of hydrogen-bond acceptors (Lipinski definition) is 4. The largest absolute Gasteiger partial charge is 0.372 e. The second-order valence-electron chi connectivity index (χ2n) is 6.29. The molecule has 1 N–H and O–H groups in total. The third-order valence-corrected chi connectivity index (χ3v) is 4.48. The standard InChI is InChI=1S/C21H24N4O2/c1-2-24(17-9-4-3-5-10-17)14-8-13-22-20(26)16-25-19-12-7-6-11-18(19)23-15-21(25)27/h3-7,9-12,15H,2,8,13-14,16H2,1H3,(H,22,26). The molecule has 1 heterocycles. The minimum Gasteiger partial charge on any atom is -0.372 e. The van der Waals surface area contributed by atoms with Crippen molar-refractivity contribution in [3.8, 4) is 0 Å². The van der Waals surface area contributed by atoms with Crippen molar-refractivity contribution < 1.29 is 4.79 Å². The van der Waals surface area contributed by atoms with E-state index in [-0.39, 0.29) is 18.0 Å². The molecule has 0 spiro atoms. The van der Waals surface area contributed by atoms with Crippen molar-refractivity contribution in [2.45, 2.75) is 19.9 Å². The van der Waals surface area contributed by atoms with Gasteiger partial charge in [0.15, 0.2) is 0 Å². The fraction of sp³-hybridized carbons (Fsp3) is 0.286. The Hall–Kier alpha value is -3.15.